The first-order valence-electron chi connectivity index (χ1n) is 8.83. The van der Waals surface area contributed by atoms with E-state index in [4.69, 9.17) is 4.74 Å². The smallest absolute Gasteiger partial charge is 0.225 e. The van der Waals surface area contributed by atoms with Crippen molar-refractivity contribution in [3.05, 3.63) is 35.9 Å². The van der Waals surface area contributed by atoms with E-state index in [1.165, 1.54) is 0 Å². The van der Waals surface area contributed by atoms with Gasteiger partial charge in [0.15, 0.2) is 0 Å². The minimum Gasteiger partial charge on any atom is -0.394 e. The summed E-state index contributed by atoms with van der Waals surface area (Å²) < 4.78 is 7.20. The Morgan fingerprint density at radius 3 is 3.00 bits per heavy atom. The number of benzene rings is 1. The summed E-state index contributed by atoms with van der Waals surface area (Å²) in [6.45, 7) is 3.14. The lowest BCUT2D eigenvalue weighted by molar-refractivity contribution is -0.116. The number of nitrogens with one attached hydrogen (secondary N) is 1. The molecule has 1 aromatic carbocycles. The van der Waals surface area contributed by atoms with Gasteiger partial charge in [-0.3, -0.25) is 4.79 Å². The molecule has 0 aliphatic carbocycles. The molecule has 1 amide bonds. The Bertz CT molecular complexity index is 720. The zero-order valence-electron chi connectivity index (χ0n) is 14.6. The largest absolute Gasteiger partial charge is 0.394 e. The average molecular weight is 343 g/mol. The molecule has 6 heteroatoms. The molecule has 0 saturated carbocycles. The van der Waals surface area contributed by atoms with Crippen molar-refractivity contribution >= 4 is 11.7 Å². The van der Waals surface area contributed by atoms with Gasteiger partial charge in [-0.2, -0.15) is 5.10 Å². The number of aryl methyl sites for hydroxylation is 1. The standard InChI is InChI=1S/C19H25N3O3/c1-14-5-2-3-7-16(14)17-13-18(22(21-17)10-11-23)20-19(24)9-8-15-6-4-12-25-15/h2-3,5,7,13,15,23H,4,6,8-12H2,1H3,(H,20,24). The van der Waals surface area contributed by atoms with Gasteiger partial charge in [0, 0.05) is 24.7 Å². The first-order valence-corrected chi connectivity index (χ1v) is 8.83. The van der Waals surface area contributed by atoms with Crippen molar-refractivity contribution in [2.45, 2.75) is 45.3 Å². The Morgan fingerprint density at radius 1 is 1.44 bits per heavy atom. The van der Waals surface area contributed by atoms with Crippen LogP contribution in [0.3, 0.4) is 0 Å². The Balaban J connectivity index is 1.71. The lowest BCUT2D eigenvalue weighted by atomic mass is 10.1. The third kappa shape index (κ3) is 4.46. The summed E-state index contributed by atoms with van der Waals surface area (Å²) in [7, 11) is 0. The fraction of sp³-hybridized carbons (Fsp3) is 0.474. The van der Waals surface area contributed by atoms with E-state index in [-0.39, 0.29) is 18.6 Å². The highest BCUT2D eigenvalue weighted by molar-refractivity contribution is 5.90. The molecule has 25 heavy (non-hydrogen) atoms. The molecule has 1 atom stereocenters. The predicted octanol–water partition coefficient (Wildman–Crippen LogP) is 2.75. The summed E-state index contributed by atoms with van der Waals surface area (Å²) in [6, 6.07) is 9.84. The van der Waals surface area contributed by atoms with Gasteiger partial charge in [0.05, 0.1) is 24.9 Å². The number of ether oxygens (including phenoxy) is 1. The van der Waals surface area contributed by atoms with E-state index in [9.17, 15) is 9.90 Å². The molecular weight excluding hydrogens is 318 g/mol. The topological polar surface area (TPSA) is 76.4 Å². The maximum atomic E-state index is 12.3. The molecule has 0 spiro atoms. The van der Waals surface area contributed by atoms with Crippen LogP contribution in [-0.2, 0) is 16.1 Å². The molecule has 0 bridgehead atoms. The summed E-state index contributed by atoms with van der Waals surface area (Å²) in [5.41, 5.74) is 2.93. The number of rotatable bonds is 7. The van der Waals surface area contributed by atoms with Gasteiger partial charge in [0.1, 0.15) is 5.82 Å². The summed E-state index contributed by atoms with van der Waals surface area (Å²) >= 11 is 0. The normalized spacial score (nSPS) is 17.0. The summed E-state index contributed by atoms with van der Waals surface area (Å²) in [4.78, 5) is 12.3. The van der Waals surface area contributed by atoms with E-state index in [1.54, 1.807) is 4.68 Å². The molecule has 2 N–H and O–H groups in total. The highest BCUT2D eigenvalue weighted by Gasteiger charge is 2.18. The molecule has 1 aromatic heterocycles. The lowest BCUT2D eigenvalue weighted by Crippen LogP contribution is -2.18. The van der Waals surface area contributed by atoms with Crippen molar-refractivity contribution in [1.29, 1.82) is 0 Å². The van der Waals surface area contributed by atoms with E-state index >= 15 is 0 Å². The van der Waals surface area contributed by atoms with Crippen molar-refractivity contribution in [1.82, 2.24) is 9.78 Å². The number of aliphatic hydroxyl groups excluding tert-OH is 1. The number of anilines is 1. The zero-order valence-corrected chi connectivity index (χ0v) is 14.6. The van der Waals surface area contributed by atoms with Gasteiger partial charge in [-0.25, -0.2) is 4.68 Å². The number of carbonyl (C=O) groups is 1. The van der Waals surface area contributed by atoms with Crippen molar-refractivity contribution in [3.8, 4) is 11.3 Å². The van der Waals surface area contributed by atoms with E-state index in [0.29, 0.717) is 18.8 Å². The fourth-order valence-electron chi connectivity index (χ4n) is 3.14. The van der Waals surface area contributed by atoms with Gasteiger partial charge in [-0.1, -0.05) is 24.3 Å². The van der Waals surface area contributed by atoms with E-state index in [2.05, 4.69) is 10.4 Å². The molecule has 2 aromatic rings. The minimum atomic E-state index is -0.0501. The molecule has 1 unspecified atom stereocenters. The molecule has 1 aliphatic rings. The molecule has 1 aliphatic heterocycles. The highest BCUT2D eigenvalue weighted by Crippen LogP contribution is 2.25. The number of carbonyl (C=O) groups excluding carboxylic acids is 1. The lowest BCUT2D eigenvalue weighted by Gasteiger charge is -2.10. The Kier molecular flexibility index (Phi) is 5.83. The van der Waals surface area contributed by atoms with Crippen LogP contribution in [-0.4, -0.2) is 40.1 Å². The van der Waals surface area contributed by atoms with E-state index in [1.807, 2.05) is 37.3 Å². The monoisotopic (exact) mass is 343 g/mol. The molecular formula is C19H25N3O3. The number of amides is 1. The first kappa shape index (κ1) is 17.6. The van der Waals surface area contributed by atoms with Crippen LogP contribution in [0.2, 0.25) is 0 Å². The van der Waals surface area contributed by atoms with Crippen LogP contribution in [0.25, 0.3) is 11.3 Å². The fourth-order valence-corrected chi connectivity index (χ4v) is 3.14. The van der Waals surface area contributed by atoms with Crippen molar-refractivity contribution in [3.63, 3.8) is 0 Å². The molecule has 2 heterocycles. The second-order valence-electron chi connectivity index (χ2n) is 6.40. The molecule has 0 radical (unpaired) electrons. The Morgan fingerprint density at radius 2 is 2.28 bits per heavy atom. The number of hydrogen-bond donors (Lipinski definition) is 2. The third-order valence-corrected chi connectivity index (χ3v) is 4.50. The van der Waals surface area contributed by atoms with Crippen LogP contribution in [0.4, 0.5) is 5.82 Å². The Labute approximate surface area is 147 Å². The third-order valence-electron chi connectivity index (χ3n) is 4.50. The van der Waals surface area contributed by atoms with E-state index < -0.39 is 0 Å². The van der Waals surface area contributed by atoms with Gasteiger partial charge >= 0.3 is 0 Å². The zero-order chi connectivity index (χ0) is 17.6. The number of aliphatic hydroxyl groups is 1. The molecule has 1 saturated heterocycles. The van der Waals surface area contributed by atoms with Crippen LogP contribution in [0.15, 0.2) is 30.3 Å². The summed E-state index contributed by atoms with van der Waals surface area (Å²) in [6.07, 6.45) is 3.48. The van der Waals surface area contributed by atoms with Crippen LogP contribution in [0.5, 0.6) is 0 Å². The average Bonchev–Trinajstić information content (AvgIpc) is 3.24. The highest BCUT2D eigenvalue weighted by atomic mass is 16.5. The van der Waals surface area contributed by atoms with Gasteiger partial charge < -0.3 is 15.2 Å². The maximum absolute atomic E-state index is 12.3. The number of nitrogens with zero attached hydrogens (tertiary/aromatic N) is 2. The predicted molar refractivity (Wildman–Crippen MR) is 96.3 cm³/mol. The summed E-state index contributed by atoms with van der Waals surface area (Å²) in [5, 5.41) is 16.7. The van der Waals surface area contributed by atoms with Crippen molar-refractivity contribution < 1.29 is 14.6 Å². The van der Waals surface area contributed by atoms with Crippen molar-refractivity contribution in [2.75, 3.05) is 18.5 Å². The van der Waals surface area contributed by atoms with Gasteiger partial charge in [0.25, 0.3) is 0 Å². The molecule has 3 rings (SSSR count). The van der Waals surface area contributed by atoms with Gasteiger partial charge in [0.2, 0.25) is 5.91 Å². The van der Waals surface area contributed by atoms with Crippen LogP contribution >= 0.6 is 0 Å². The SMILES string of the molecule is Cc1ccccc1-c1cc(NC(=O)CCC2CCCO2)n(CCO)n1. The first-order chi connectivity index (χ1) is 12.2. The Hall–Kier alpha value is -2.18. The number of hydrogen-bond acceptors (Lipinski definition) is 4. The van der Waals surface area contributed by atoms with E-state index in [0.717, 1.165) is 42.7 Å². The minimum absolute atomic E-state index is 0.0341. The second kappa shape index (κ2) is 8.27. The van der Waals surface area contributed by atoms with Gasteiger partial charge in [-0.15, -0.1) is 0 Å². The van der Waals surface area contributed by atoms with Gasteiger partial charge in [-0.05, 0) is 31.7 Å². The van der Waals surface area contributed by atoms with Crippen molar-refractivity contribution in [2.24, 2.45) is 0 Å². The second-order valence-corrected chi connectivity index (χ2v) is 6.40. The van der Waals surface area contributed by atoms with Crippen LogP contribution < -0.4 is 5.32 Å². The van der Waals surface area contributed by atoms with Crippen LogP contribution in [0, 0.1) is 6.92 Å². The molecule has 134 valence electrons. The number of aromatic nitrogens is 2. The molecule has 6 nitrogen and oxygen atoms in total. The quantitative estimate of drug-likeness (QED) is 0.810. The molecule has 1 fully saturated rings. The van der Waals surface area contributed by atoms with Crippen LogP contribution in [0.1, 0.15) is 31.2 Å². The summed E-state index contributed by atoms with van der Waals surface area (Å²) in [5.74, 6) is 0.565. The maximum Gasteiger partial charge on any atom is 0.225 e.